The number of pyridine rings is 1. The van der Waals surface area contributed by atoms with E-state index in [1.165, 1.54) is 17.2 Å². The van der Waals surface area contributed by atoms with E-state index in [1.54, 1.807) is 52.2 Å². The molecule has 2 aromatic rings. The SMILES string of the molecule is CCOc1cc(C=Nn2c(N)cc(C)cc2=O)ccc1O[C@@H](C)C(=O)N(C)C. The molecule has 0 bridgehead atoms. The van der Waals surface area contributed by atoms with Gasteiger partial charge in [-0.25, -0.2) is 0 Å². The minimum absolute atomic E-state index is 0.151. The first kappa shape index (κ1) is 21.0. The van der Waals surface area contributed by atoms with Crippen molar-refractivity contribution >= 4 is 17.9 Å². The fourth-order valence-electron chi connectivity index (χ4n) is 2.54. The largest absolute Gasteiger partial charge is 0.490 e. The Balaban J connectivity index is 2.29. The smallest absolute Gasteiger partial charge is 0.273 e. The Morgan fingerprint density at radius 3 is 2.61 bits per heavy atom. The van der Waals surface area contributed by atoms with Crippen LogP contribution in [0.5, 0.6) is 11.5 Å². The number of hydrogen-bond acceptors (Lipinski definition) is 6. The third kappa shape index (κ3) is 5.12. The standard InChI is InChI=1S/C20H26N4O4/c1-6-27-17-11-15(7-8-16(17)28-14(3)20(26)23(4)5)12-22-24-18(21)9-13(2)10-19(24)25/h7-12,14H,6,21H2,1-5H3/t14-/m0/s1. The van der Waals surface area contributed by atoms with E-state index in [0.717, 1.165) is 10.2 Å². The summed E-state index contributed by atoms with van der Waals surface area (Å²) in [6.45, 7) is 5.75. The van der Waals surface area contributed by atoms with Gasteiger partial charge in [0.05, 0.1) is 12.8 Å². The van der Waals surface area contributed by atoms with Crippen LogP contribution in [0.1, 0.15) is 25.0 Å². The van der Waals surface area contributed by atoms with Crippen LogP contribution in [0, 0.1) is 6.92 Å². The van der Waals surface area contributed by atoms with Crippen molar-refractivity contribution < 1.29 is 14.3 Å². The van der Waals surface area contributed by atoms with Crippen molar-refractivity contribution in [2.75, 3.05) is 26.4 Å². The zero-order chi connectivity index (χ0) is 20.8. The molecule has 8 heteroatoms. The number of nitrogen functional groups attached to an aromatic ring is 1. The van der Waals surface area contributed by atoms with Gasteiger partial charge in [-0.2, -0.15) is 9.78 Å². The van der Waals surface area contributed by atoms with E-state index >= 15 is 0 Å². The first-order chi connectivity index (χ1) is 13.2. The third-order valence-corrected chi connectivity index (χ3v) is 3.86. The third-order valence-electron chi connectivity index (χ3n) is 3.86. The number of rotatable bonds is 7. The second-order valence-electron chi connectivity index (χ2n) is 6.48. The number of amides is 1. The molecule has 0 saturated heterocycles. The average molecular weight is 386 g/mol. The molecular weight excluding hydrogens is 360 g/mol. The van der Waals surface area contributed by atoms with Crippen molar-refractivity contribution in [3.05, 3.63) is 51.8 Å². The van der Waals surface area contributed by atoms with Gasteiger partial charge in [0, 0.05) is 20.2 Å². The number of aryl methyl sites for hydroxylation is 1. The van der Waals surface area contributed by atoms with Crippen LogP contribution < -0.4 is 20.8 Å². The van der Waals surface area contributed by atoms with Gasteiger partial charge in [-0.3, -0.25) is 9.59 Å². The van der Waals surface area contributed by atoms with Crippen molar-refractivity contribution in [3.63, 3.8) is 0 Å². The van der Waals surface area contributed by atoms with Gasteiger partial charge in [0.25, 0.3) is 11.5 Å². The van der Waals surface area contributed by atoms with E-state index in [4.69, 9.17) is 15.2 Å². The summed E-state index contributed by atoms with van der Waals surface area (Å²) in [6.07, 6.45) is 0.855. The predicted octanol–water partition coefficient (Wildman–Crippen LogP) is 1.88. The molecule has 2 N–H and O–H groups in total. The summed E-state index contributed by atoms with van der Waals surface area (Å²) in [4.78, 5) is 25.5. The lowest BCUT2D eigenvalue weighted by molar-refractivity contribution is -0.135. The van der Waals surface area contributed by atoms with Gasteiger partial charge >= 0.3 is 0 Å². The maximum Gasteiger partial charge on any atom is 0.273 e. The van der Waals surface area contributed by atoms with Crippen molar-refractivity contribution in [3.8, 4) is 11.5 Å². The fraction of sp³-hybridized carbons (Fsp3) is 0.350. The number of ether oxygens (including phenoxy) is 2. The van der Waals surface area contributed by atoms with Crippen molar-refractivity contribution in [2.24, 2.45) is 5.10 Å². The highest BCUT2D eigenvalue weighted by atomic mass is 16.5. The summed E-state index contributed by atoms with van der Waals surface area (Å²) in [5.41, 5.74) is 7.02. The Bertz CT molecular complexity index is 934. The molecule has 0 fully saturated rings. The van der Waals surface area contributed by atoms with E-state index < -0.39 is 6.10 Å². The van der Waals surface area contributed by atoms with Crippen LogP contribution in [-0.2, 0) is 4.79 Å². The van der Waals surface area contributed by atoms with E-state index in [0.29, 0.717) is 23.7 Å². The Labute approximate surface area is 164 Å². The minimum Gasteiger partial charge on any atom is -0.490 e. The zero-order valence-electron chi connectivity index (χ0n) is 16.8. The minimum atomic E-state index is -0.653. The number of hydrogen-bond donors (Lipinski definition) is 1. The van der Waals surface area contributed by atoms with Crippen molar-refractivity contribution in [2.45, 2.75) is 26.9 Å². The molecule has 0 radical (unpaired) electrons. The maximum absolute atomic E-state index is 12.0. The van der Waals surface area contributed by atoms with Gasteiger partial charge in [-0.15, -0.1) is 0 Å². The lowest BCUT2D eigenvalue weighted by Gasteiger charge is -2.20. The number of likely N-dealkylation sites (N-methyl/N-ethyl adjacent to an activating group) is 1. The second kappa shape index (κ2) is 9.07. The molecule has 0 aliphatic carbocycles. The molecule has 0 unspecified atom stereocenters. The van der Waals surface area contributed by atoms with Crippen molar-refractivity contribution in [1.29, 1.82) is 0 Å². The zero-order valence-corrected chi connectivity index (χ0v) is 16.8. The number of benzene rings is 1. The van der Waals surface area contributed by atoms with Crippen LogP contribution in [0.4, 0.5) is 5.82 Å². The van der Waals surface area contributed by atoms with Crippen LogP contribution in [-0.4, -0.2) is 48.5 Å². The quantitative estimate of drug-likeness (QED) is 0.733. The average Bonchev–Trinajstić information content (AvgIpc) is 2.62. The lowest BCUT2D eigenvalue weighted by Crippen LogP contribution is -2.35. The molecule has 1 heterocycles. The summed E-state index contributed by atoms with van der Waals surface area (Å²) in [5.74, 6) is 1.03. The highest BCUT2D eigenvalue weighted by molar-refractivity contribution is 5.82. The van der Waals surface area contributed by atoms with Crippen molar-refractivity contribution in [1.82, 2.24) is 9.58 Å². The Hall–Kier alpha value is -3.29. The number of nitrogens with two attached hydrogens (primary N) is 1. The Morgan fingerprint density at radius 2 is 2.00 bits per heavy atom. The summed E-state index contributed by atoms with van der Waals surface area (Å²) in [6, 6.07) is 8.31. The topological polar surface area (TPSA) is 99.1 Å². The molecule has 2 rings (SSSR count). The second-order valence-corrected chi connectivity index (χ2v) is 6.48. The van der Waals surface area contributed by atoms with E-state index in [9.17, 15) is 9.59 Å². The molecule has 0 aliphatic rings. The van der Waals surface area contributed by atoms with E-state index in [-0.39, 0.29) is 17.3 Å². The number of nitrogens with zero attached hydrogens (tertiary/aromatic N) is 3. The monoisotopic (exact) mass is 386 g/mol. The molecule has 0 saturated carbocycles. The number of aromatic nitrogens is 1. The lowest BCUT2D eigenvalue weighted by atomic mass is 10.2. The molecule has 28 heavy (non-hydrogen) atoms. The van der Waals surface area contributed by atoms with Crippen LogP contribution in [0.2, 0.25) is 0 Å². The highest BCUT2D eigenvalue weighted by Gasteiger charge is 2.18. The van der Waals surface area contributed by atoms with Crippen LogP contribution in [0.3, 0.4) is 0 Å². The van der Waals surface area contributed by atoms with Gasteiger partial charge in [-0.1, -0.05) is 0 Å². The van der Waals surface area contributed by atoms with E-state index in [1.807, 2.05) is 6.92 Å². The molecule has 0 aliphatic heterocycles. The molecule has 8 nitrogen and oxygen atoms in total. The molecule has 1 atom stereocenters. The van der Waals surface area contributed by atoms with Crippen LogP contribution in [0.25, 0.3) is 0 Å². The summed E-state index contributed by atoms with van der Waals surface area (Å²) < 4.78 is 12.5. The molecule has 150 valence electrons. The summed E-state index contributed by atoms with van der Waals surface area (Å²) in [7, 11) is 3.34. The Kier molecular flexibility index (Phi) is 6.81. The van der Waals surface area contributed by atoms with Gasteiger partial charge in [0.2, 0.25) is 0 Å². The summed E-state index contributed by atoms with van der Waals surface area (Å²) in [5, 5.41) is 4.16. The van der Waals surface area contributed by atoms with Crippen LogP contribution in [0.15, 0.2) is 40.2 Å². The molecule has 1 aromatic carbocycles. The van der Waals surface area contributed by atoms with Gasteiger partial charge in [-0.05, 0) is 56.2 Å². The number of carbonyl (C=O) groups excluding carboxylic acids is 1. The first-order valence-electron chi connectivity index (χ1n) is 8.91. The van der Waals surface area contributed by atoms with Gasteiger partial charge < -0.3 is 20.1 Å². The van der Waals surface area contributed by atoms with Crippen LogP contribution >= 0.6 is 0 Å². The highest BCUT2D eigenvalue weighted by Crippen LogP contribution is 2.29. The van der Waals surface area contributed by atoms with Gasteiger partial charge in [0.1, 0.15) is 5.82 Å². The normalized spacial score (nSPS) is 12.0. The molecular formula is C20H26N4O4. The van der Waals surface area contributed by atoms with Gasteiger partial charge in [0.15, 0.2) is 17.6 Å². The predicted molar refractivity (Wildman–Crippen MR) is 109 cm³/mol. The molecule has 1 aromatic heterocycles. The Morgan fingerprint density at radius 1 is 1.29 bits per heavy atom. The molecule has 0 spiro atoms. The first-order valence-corrected chi connectivity index (χ1v) is 8.91. The summed E-state index contributed by atoms with van der Waals surface area (Å²) >= 11 is 0. The number of anilines is 1. The van der Waals surface area contributed by atoms with E-state index in [2.05, 4.69) is 5.10 Å². The maximum atomic E-state index is 12.0. The molecule has 1 amide bonds. The fourth-order valence-corrected chi connectivity index (χ4v) is 2.54. The number of carbonyl (C=O) groups is 1.